The monoisotopic (exact) mass is 296 g/mol. The highest BCUT2D eigenvalue weighted by atomic mass is 79.9. The topological polar surface area (TPSA) is 20.2 Å². The first kappa shape index (κ1) is 11.8. The molecule has 2 rings (SSSR count). The zero-order chi connectivity index (χ0) is 11.5. The van der Waals surface area contributed by atoms with Crippen molar-refractivity contribution in [2.45, 2.75) is 19.4 Å². The van der Waals surface area contributed by atoms with E-state index in [1.165, 1.54) is 5.56 Å². The summed E-state index contributed by atoms with van der Waals surface area (Å²) >= 11 is 4.96. The number of thiophene rings is 1. The number of hydrogen-bond donors (Lipinski definition) is 1. The van der Waals surface area contributed by atoms with Crippen molar-refractivity contribution < 1.29 is 5.11 Å². The van der Waals surface area contributed by atoms with Crippen molar-refractivity contribution in [2.75, 3.05) is 0 Å². The van der Waals surface area contributed by atoms with Crippen LogP contribution in [0.15, 0.2) is 40.2 Å². The second-order valence-corrected chi connectivity index (χ2v) is 5.52. The molecule has 0 saturated carbocycles. The third-order valence-corrected chi connectivity index (χ3v) is 4.31. The molecule has 0 bridgehead atoms. The van der Waals surface area contributed by atoms with Gasteiger partial charge in [0.15, 0.2) is 0 Å². The largest absolute Gasteiger partial charge is 0.383 e. The van der Waals surface area contributed by atoms with Gasteiger partial charge in [0.1, 0.15) is 6.10 Å². The van der Waals surface area contributed by atoms with Gasteiger partial charge in [-0.15, -0.1) is 11.3 Å². The fraction of sp³-hybridized carbons (Fsp3) is 0.231. The number of aliphatic hydroxyl groups excluding tert-OH is 1. The van der Waals surface area contributed by atoms with E-state index in [4.69, 9.17) is 0 Å². The van der Waals surface area contributed by atoms with Crippen molar-refractivity contribution in [3.8, 4) is 0 Å². The number of rotatable bonds is 3. The highest BCUT2D eigenvalue weighted by Gasteiger charge is 2.12. The van der Waals surface area contributed by atoms with Crippen molar-refractivity contribution >= 4 is 27.3 Å². The lowest BCUT2D eigenvalue weighted by Crippen LogP contribution is -1.96. The molecule has 1 heterocycles. The molecule has 16 heavy (non-hydrogen) atoms. The molecule has 1 aromatic heterocycles. The van der Waals surface area contributed by atoms with Crippen LogP contribution in [0.3, 0.4) is 0 Å². The highest BCUT2D eigenvalue weighted by Crippen LogP contribution is 2.29. The zero-order valence-electron chi connectivity index (χ0n) is 8.98. The van der Waals surface area contributed by atoms with Gasteiger partial charge in [-0.3, -0.25) is 0 Å². The molecule has 0 saturated heterocycles. The van der Waals surface area contributed by atoms with Crippen LogP contribution in [0.5, 0.6) is 0 Å². The van der Waals surface area contributed by atoms with Gasteiger partial charge in [0.2, 0.25) is 0 Å². The third-order valence-electron chi connectivity index (χ3n) is 2.56. The van der Waals surface area contributed by atoms with Gasteiger partial charge >= 0.3 is 0 Å². The van der Waals surface area contributed by atoms with Crippen LogP contribution in [0.4, 0.5) is 0 Å². The van der Waals surface area contributed by atoms with Crippen molar-refractivity contribution in [3.05, 3.63) is 56.2 Å². The predicted molar refractivity (Wildman–Crippen MR) is 71.9 cm³/mol. The van der Waals surface area contributed by atoms with E-state index in [2.05, 4.69) is 35.0 Å². The van der Waals surface area contributed by atoms with Crippen LogP contribution in [0.2, 0.25) is 0 Å². The van der Waals surface area contributed by atoms with E-state index < -0.39 is 6.10 Å². The van der Waals surface area contributed by atoms with Crippen LogP contribution in [-0.2, 0) is 6.42 Å². The first-order valence-corrected chi connectivity index (χ1v) is 6.89. The van der Waals surface area contributed by atoms with E-state index in [-0.39, 0.29) is 0 Å². The molecular formula is C13H13BrOS. The smallest absolute Gasteiger partial charge is 0.113 e. The Bertz CT molecular complexity index is 461. The Morgan fingerprint density at radius 1 is 1.31 bits per heavy atom. The number of aryl methyl sites for hydroxylation is 1. The first-order chi connectivity index (χ1) is 7.70. The standard InChI is InChI=1S/C13H13BrOS/c1-2-9-3-5-10(6-4-9)13(15)12-7-11(14)8-16-12/h3-8,13,15H,2H2,1H3/t13-/m0/s1. The summed E-state index contributed by atoms with van der Waals surface area (Å²) in [5.41, 5.74) is 2.25. The SMILES string of the molecule is CCc1ccc([C@H](O)c2cc(Br)cs2)cc1. The van der Waals surface area contributed by atoms with E-state index in [9.17, 15) is 5.11 Å². The molecule has 0 radical (unpaired) electrons. The third kappa shape index (κ3) is 2.54. The molecule has 0 amide bonds. The van der Waals surface area contributed by atoms with Crippen molar-refractivity contribution in [1.29, 1.82) is 0 Å². The summed E-state index contributed by atoms with van der Waals surface area (Å²) in [5, 5.41) is 12.1. The second kappa shape index (κ2) is 5.13. The molecule has 1 aromatic carbocycles. The minimum Gasteiger partial charge on any atom is -0.383 e. The van der Waals surface area contributed by atoms with Gasteiger partial charge in [-0.2, -0.15) is 0 Å². The van der Waals surface area contributed by atoms with Crippen LogP contribution in [0, 0.1) is 0 Å². The average Bonchev–Trinajstić information content (AvgIpc) is 2.75. The van der Waals surface area contributed by atoms with E-state index in [1.807, 2.05) is 23.6 Å². The minimum atomic E-state index is -0.512. The van der Waals surface area contributed by atoms with Crippen LogP contribution in [-0.4, -0.2) is 5.11 Å². The molecule has 0 aliphatic carbocycles. The lowest BCUT2D eigenvalue weighted by molar-refractivity contribution is 0.224. The Labute approximate surface area is 108 Å². The van der Waals surface area contributed by atoms with Crippen LogP contribution in [0.25, 0.3) is 0 Å². The molecular weight excluding hydrogens is 284 g/mol. The van der Waals surface area contributed by atoms with Crippen LogP contribution < -0.4 is 0 Å². The Morgan fingerprint density at radius 2 is 2.00 bits per heavy atom. The van der Waals surface area contributed by atoms with Gasteiger partial charge in [0, 0.05) is 14.7 Å². The Morgan fingerprint density at radius 3 is 2.50 bits per heavy atom. The maximum absolute atomic E-state index is 10.2. The number of aliphatic hydroxyl groups is 1. The molecule has 0 spiro atoms. The van der Waals surface area contributed by atoms with Gasteiger partial charge in [0.25, 0.3) is 0 Å². The Hall–Kier alpha value is -0.640. The Kier molecular flexibility index (Phi) is 3.79. The molecule has 0 unspecified atom stereocenters. The molecule has 1 nitrogen and oxygen atoms in total. The summed E-state index contributed by atoms with van der Waals surface area (Å²) in [7, 11) is 0. The van der Waals surface area contributed by atoms with Gasteiger partial charge in [-0.1, -0.05) is 31.2 Å². The lowest BCUT2D eigenvalue weighted by Gasteiger charge is -2.09. The summed E-state index contributed by atoms with van der Waals surface area (Å²) in [6.45, 7) is 2.13. The molecule has 84 valence electrons. The summed E-state index contributed by atoms with van der Waals surface area (Å²) < 4.78 is 1.02. The van der Waals surface area contributed by atoms with Gasteiger partial charge in [-0.25, -0.2) is 0 Å². The minimum absolute atomic E-state index is 0.512. The molecule has 0 fully saturated rings. The summed E-state index contributed by atoms with van der Waals surface area (Å²) in [6, 6.07) is 10.1. The van der Waals surface area contributed by atoms with E-state index in [0.717, 1.165) is 21.3 Å². The molecule has 0 aliphatic rings. The van der Waals surface area contributed by atoms with Gasteiger partial charge in [-0.05, 0) is 39.5 Å². The van der Waals surface area contributed by atoms with E-state index in [0.29, 0.717) is 0 Å². The summed E-state index contributed by atoms with van der Waals surface area (Å²) in [5.74, 6) is 0. The number of benzene rings is 1. The molecule has 3 heteroatoms. The lowest BCUT2D eigenvalue weighted by atomic mass is 10.0. The fourth-order valence-corrected chi connectivity index (χ4v) is 3.03. The fourth-order valence-electron chi connectivity index (χ4n) is 1.57. The average molecular weight is 297 g/mol. The zero-order valence-corrected chi connectivity index (χ0v) is 11.4. The van der Waals surface area contributed by atoms with Gasteiger partial charge < -0.3 is 5.11 Å². The summed E-state index contributed by atoms with van der Waals surface area (Å²) in [4.78, 5) is 0.969. The second-order valence-electron chi connectivity index (χ2n) is 3.66. The first-order valence-electron chi connectivity index (χ1n) is 5.21. The molecule has 1 N–H and O–H groups in total. The van der Waals surface area contributed by atoms with Crippen molar-refractivity contribution in [2.24, 2.45) is 0 Å². The maximum atomic E-state index is 10.2. The predicted octanol–water partition coefficient (Wildman–Crippen LogP) is 4.15. The number of hydrogen-bond acceptors (Lipinski definition) is 2. The van der Waals surface area contributed by atoms with Gasteiger partial charge in [0.05, 0.1) is 0 Å². The maximum Gasteiger partial charge on any atom is 0.113 e. The van der Waals surface area contributed by atoms with Crippen LogP contribution >= 0.6 is 27.3 Å². The van der Waals surface area contributed by atoms with Crippen molar-refractivity contribution in [3.63, 3.8) is 0 Å². The van der Waals surface area contributed by atoms with E-state index in [1.54, 1.807) is 11.3 Å². The number of halogens is 1. The van der Waals surface area contributed by atoms with E-state index >= 15 is 0 Å². The molecule has 1 atom stereocenters. The highest BCUT2D eigenvalue weighted by molar-refractivity contribution is 9.10. The quantitative estimate of drug-likeness (QED) is 0.902. The molecule has 0 aliphatic heterocycles. The Balaban J connectivity index is 2.23. The summed E-state index contributed by atoms with van der Waals surface area (Å²) in [6.07, 6.45) is 0.517. The normalized spacial score (nSPS) is 12.7. The molecule has 2 aromatic rings. The van der Waals surface area contributed by atoms with Crippen molar-refractivity contribution in [1.82, 2.24) is 0 Å². The van der Waals surface area contributed by atoms with Crippen LogP contribution in [0.1, 0.15) is 29.0 Å².